The number of rotatable bonds is 9. The van der Waals surface area contributed by atoms with Crippen molar-refractivity contribution in [3.8, 4) is 5.75 Å². The molecule has 0 radical (unpaired) electrons. The maximum atomic E-state index is 13.0. The third-order valence-electron chi connectivity index (χ3n) is 5.26. The molecule has 0 unspecified atom stereocenters. The average molecular weight is 446 g/mol. The number of amides is 2. The van der Waals surface area contributed by atoms with Crippen LogP contribution in [0.4, 0.5) is 5.69 Å². The number of benzene rings is 2. The zero-order valence-electron chi connectivity index (χ0n) is 17.7. The van der Waals surface area contributed by atoms with Gasteiger partial charge in [0, 0.05) is 38.7 Å². The molecule has 0 bridgehead atoms. The lowest BCUT2D eigenvalue weighted by atomic mass is 10.2. The number of methoxy groups -OCH3 is 1. The monoisotopic (exact) mass is 445 g/mol. The molecule has 1 heterocycles. The summed E-state index contributed by atoms with van der Waals surface area (Å²) in [4.78, 5) is 25.8. The third-order valence-corrected chi connectivity index (χ3v) is 7.05. The lowest BCUT2D eigenvalue weighted by molar-refractivity contribution is -0.127. The van der Waals surface area contributed by atoms with E-state index in [1.165, 1.54) is 38.4 Å². The molecule has 0 saturated carbocycles. The summed E-state index contributed by atoms with van der Waals surface area (Å²) in [5.41, 5.74) is 0.791. The van der Waals surface area contributed by atoms with E-state index in [0.29, 0.717) is 42.9 Å². The molecule has 9 heteroatoms. The van der Waals surface area contributed by atoms with Gasteiger partial charge in [-0.25, -0.2) is 8.42 Å². The Morgan fingerprint density at radius 1 is 1.16 bits per heavy atom. The Balaban J connectivity index is 1.60. The largest absolute Gasteiger partial charge is 0.495 e. The van der Waals surface area contributed by atoms with Gasteiger partial charge < -0.3 is 15.0 Å². The van der Waals surface area contributed by atoms with Crippen LogP contribution in [0.25, 0.3) is 0 Å². The van der Waals surface area contributed by atoms with Crippen molar-refractivity contribution in [3.63, 3.8) is 0 Å². The van der Waals surface area contributed by atoms with Gasteiger partial charge in [-0.15, -0.1) is 0 Å². The summed E-state index contributed by atoms with van der Waals surface area (Å²) in [5.74, 6) is 0.330. The fraction of sp³-hybridized carbons (Fsp3) is 0.364. The molecule has 1 fully saturated rings. The highest BCUT2D eigenvalue weighted by atomic mass is 32.2. The van der Waals surface area contributed by atoms with Gasteiger partial charge in [-0.2, -0.15) is 0 Å². The zero-order chi connectivity index (χ0) is 22.4. The molecule has 8 nitrogen and oxygen atoms in total. The maximum Gasteiger partial charge on any atom is 0.264 e. The summed E-state index contributed by atoms with van der Waals surface area (Å²) < 4.78 is 32.4. The fourth-order valence-electron chi connectivity index (χ4n) is 3.47. The zero-order valence-corrected chi connectivity index (χ0v) is 18.5. The Morgan fingerprint density at radius 2 is 1.87 bits per heavy atom. The van der Waals surface area contributed by atoms with Crippen LogP contribution in [0, 0.1) is 0 Å². The summed E-state index contributed by atoms with van der Waals surface area (Å²) >= 11 is 0. The van der Waals surface area contributed by atoms with Crippen molar-refractivity contribution in [2.45, 2.75) is 24.2 Å². The molecule has 1 N–H and O–H groups in total. The van der Waals surface area contributed by atoms with Gasteiger partial charge in [-0.1, -0.05) is 12.1 Å². The van der Waals surface area contributed by atoms with E-state index in [0.717, 1.165) is 17.3 Å². The molecule has 0 aromatic heterocycles. The first-order chi connectivity index (χ1) is 14.8. The molecule has 1 aliphatic rings. The van der Waals surface area contributed by atoms with Gasteiger partial charge in [0.05, 0.1) is 17.7 Å². The predicted octanol–water partition coefficient (Wildman–Crippen LogP) is 2.26. The van der Waals surface area contributed by atoms with Crippen molar-refractivity contribution < 1.29 is 22.7 Å². The first-order valence-corrected chi connectivity index (χ1v) is 11.6. The second kappa shape index (κ2) is 9.82. The highest BCUT2D eigenvalue weighted by Gasteiger charge is 2.24. The van der Waals surface area contributed by atoms with Gasteiger partial charge in [-0.05, 0) is 49.2 Å². The Kier molecular flexibility index (Phi) is 7.17. The molecule has 1 saturated heterocycles. The Hall–Kier alpha value is -3.07. The second-order valence-corrected chi connectivity index (χ2v) is 9.23. The third kappa shape index (κ3) is 5.16. The van der Waals surface area contributed by atoms with Crippen LogP contribution >= 0.6 is 0 Å². The van der Waals surface area contributed by atoms with Crippen LogP contribution in [0.1, 0.15) is 29.6 Å². The number of nitrogens with one attached hydrogen (secondary N) is 1. The number of anilines is 1. The number of sulfonamides is 1. The number of carbonyl (C=O) groups excluding carboxylic acids is 2. The highest BCUT2D eigenvalue weighted by Crippen LogP contribution is 2.30. The smallest absolute Gasteiger partial charge is 0.264 e. The summed E-state index contributed by atoms with van der Waals surface area (Å²) in [5, 5.41) is 2.81. The lowest BCUT2D eigenvalue weighted by Crippen LogP contribution is -2.30. The number of hydrogen-bond donors (Lipinski definition) is 1. The lowest BCUT2D eigenvalue weighted by Gasteiger charge is -2.21. The average Bonchev–Trinajstić information content (AvgIpc) is 3.20. The summed E-state index contributed by atoms with van der Waals surface area (Å²) in [7, 11) is -0.879. The van der Waals surface area contributed by atoms with Crippen LogP contribution < -0.4 is 14.4 Å². The SMILES string of the molecule is COc1ccccc1N(C)S(=O)(=O)c1ccc(C(=O)NCCCN2CCCC2=O)cc1. The first kappa shape index (κ1) is 22.6. The molecule has 3 rings (SSSR count). The van der Waals surface area contributed by atoms with Gasteiger partial charge in [0.1, 0.15) is 5.75 Å². The topological polar surface area (TPSA) is 96.0 Å². The van der Waals surface area contributed by atoms with Gasteiger partial charge in [0.15, 0.2) is 0 Å². The van der Waals surface area contributed by atoms with Crippen LogP contribution in [0.15, 0.2) is 53.4 Å². The predicted molar refractivity (Wildman–Crippen MR) is 118 cm³/mol. The molecular formula is C22H27N3O5S. The highest BCUT2D eigenvalue weighted by molar-refractivity contribution is 7.92. The van der Waals surface area contributed by atoms with E-state index in [1.54, 1.807) is 24.3 Å². The molecule has 2 aromatic rings. The molecule has 1 aliphatic heterocycles. The Bertz CT molecular complexity index is 1040. The molecule has 166 valence electrons. The molecule has 31 heavy (non-hydrogen) atoms. The van der Waals surface area contributed by atoms with Gasteiger partial charge in [0.2, 0.25) is 5.91 Å². The van der Waals surface area contributed by atoms with Gasteiger partial charge >= 0.3 is 0 Å². The number of nitrogens with zero attached hydrogens (tertiary/aromatic N) is 2. The first-order valence-electron chi connectivity index (χ1n) is 10.1. The molecule has 0 aliphatic carbocycles. The number of ether oxygens (including phenoxy) is 1. The van der Waals surface area contributed by atoms with Crippen molar-refractivity contribution in [1.82, 2.24) is 10.2 Å². The van der Waals surface area contributed by atoms with E-state index in [2.05, 4.69) is 5.32 Å². The van der Waals surface area contributed by atoms with Crippen molar-refractivity contribution in [2.24, 2.45) is 0 Å². The summed E-state index contributed by atoms with van der Waals surface area (Å²) in [6, 6.07) is 12.7. The second-order valence-electron chi connectivity index (χ2n) is 7.26. The van der Waals surface area contributed by atoms with Gasteiger partial charge in [0.25, 0.3) is 15.9 Å². The van der Waals surface area contributed by atoms with Crippen LogP contribution in [0.5, 0.6) is 5.75 Å². The summed E-state index contributed by atoms with van der Waals surface area (Å²) in [6.45, 7) is 1.86. The number of para-hydroxylation sites is 2. The van der Waals surface area contributed by atoms with E-state index in [-0.39, 0.29) is 16.7 Å². The number of likely N-dealkylation sites (tertiary alicyclic amines) is 1. The maximum absolute atomic E-state index is 13.0. The Labute approximate surface area is 182 Å². The van der Waals surface area contributed by atoms with E-state index in [1.807, 2.05) is 4.90 Å². The molecular weight excluding hydrogens is 418 g/mol. The van der Waals surface area contributed by atoms with E-state index in [9.17, 15) is 18.0 Å². The van der Waals surface area contributed by atoms with E-state index >= 15 is 0 Å². The van der Waals surface area contributed by atoms with Crippen LogP contribution in [0.3, 0.4) is 0 Å². The fourth-order valence-corrected chi connectivity index (χ4v) is 4.68. The number of carbonyl (C=O) groups is 2. The van der Waals surface area contributed by atoms with E-state index < -0.39 is 10.0 Å². The van der Waals surface area contributed by atoms with Crippen molar-refractivity contribution in [3.05, 3.63) is 54.1 Å². The molecule has 0 atom stereocenters. The van der Waals surface area contributed by atoms with E-state index in [4.69, 9.17) is 4.74 Å². The van der Waals surface area contributed by atoms with Crippen molar-refractivity contribution >= 4 is 27.5 Å². The normalized spacial score (nSPS) is 13.9. The van der Waals surface area contributed by atoms with Crippen molar-refractivity contribution in [2.75, 3.05) is 38.1 Å². The quantitative estimate of drug-likeness (QED) is 0.598. The molecule has 2 amide bonds. The van der Waals surface area contributed by atoms with Crippen LogP contribution in [-0.2, 0) is 14.8 Å². The van der Waals surface area contributed by atoms with Crippen molar-refractivity contribution in [1.29, 1.82) is 0 Å². The minimum Gasteiger partial charge on any atom is -0.495 e. The Morgan fingerprint density at radius 3 is 2.52 bits per heavy atom. The number of hydrogen-bond acceptors (Lipinski definition) is 5. The van der Waals surface area contributed by atoms with Crippen LogP contribution in [0.2, 0.25) is 0 Å². The standard InChI is InChI=1S/C22H27N3O5S/c1-24(19-7-3-4-8-20(19)30-2)31(28,29)18-12-10-17(11-13-18)22(27)23-14-6-16-25-15-5-9-21(25)26/h3-4,7-8,10-13H,5-6,9,14-16H2,1-2H3,(H,23,27). The minimum absolute atomic E-state index is 0.0741. The molecule has 0 spiro atoms. The molecule has 2 aromatic carbocycles. The van der Waals surface area contributed by atoms with Crippen LogP contribution in [-0.4, -0.2) is 58.9 Å². The van der Waals surface area contributed by atoms with Gasteiger partial charge in [-0.3, -0.25) is 13.9 Å². The minimum atomic E-state index is -3.82. The summed E-state index contributed by atoms with van der Waals surface area (Å²) in [6.07, 6.45) is 2.17.